The fraction of sp³-hybridized carbons (Fsp3) is 0.455. The van der Waals surface area contributed by atoms with Gasteiger partial charge >= 0.3 is 0 Å². The molecule has 0 bridgehead atoms. The fourth-order valence-corrected chi connectivity index (χ4v) is 2.29. The number of hydrogen-bond donors (Lipinski definition) is 4. The quantitative estimate of drug-likeness (QED) is 0.349. The molecular formula is C11H10F5NO3. The molecule has 0 aliphatic carbocycles. The lowest BCUT2D eigenvalue weighted by molar-refractivity contribution is -0.0142. The first-order chi connectivity index (χ1) is 9.27. The van der Waals surface area contributed by atoms with Crippen molar-refractivity contribution in [1.29, 1.82) is 0 Å². The minimum atomic E-state index is -2.37. The van der Waals surface area contributed by atoms with Crippen molar-refractivity contribution in [2.24, 2.45) is 0 Å². The Morgan fingerprint density at radius 1 is 0.950 bits per heavy atom. The maximum Gasteiger partial charge on any atom is 0.200 e. The highest BCUT2D eigenvalue weighted by atomic mass is 19.2. The zero-order valence-electron chi connectivity index (χ0n) is 9.80. The van der Waals surface area contributed by atoms with E-state index in [9.17, 15) is 37.3 Å². The molecule has 1 saturated heterocycles. The summed E-state index contributed by atoms with van der Waals surface area (Å²) in [6, 6.07) is 0. The van der Waals surface area contributed by atoms with Crippen molar-refractivity contribution < 1.29 is 37.3 Å². The van der Waals surface area contributed by atoms with Crippen LogP contribution in [-0.2, 0) is 5.54 Å². The van der Waals surface area contributed by atoms with Crippen LogP contribution in [0.4, 0.5) is 22.0 Å². The minimum Gasteiger partial charge on any atom is -0.394 e. The lowest BCUT2D eigenvalue weighted by Gasteiger charge is -2.32. The largest absolute Gasteiger partial charge is 0.394 e. The molecule has 0 aromatic heterocycles. The Hall–Kier alpha value is -1.29. The molecule has 4 N–H and O–H groups in total. The van der Waals surface area contributed by atoms with Gasteiger partial charge < -0.3 is 20.6 Å². The molecule has 0 spiro atoms. The van der Waals surface area contributed by atoms with Gasteiger partial charge in [-0.3, -0.25) is 0 Å². The third kappa shape index (κ3) is 1.81. The monoisotopic (exact) mass is 299 g/mol. The van der Waals surface area contributed by atoms with Crippen LogP contribution in [0.15, 0.2) is 0 Å². The highest BCUT2D eigenvalue weighted by Crippen LogP contribution is 2.37. The number of nitrogens with one attached hydrogen (secondary N) is 1. The number of aliphatic hydroxyl groups is 3. The zero-order valence-corrected chi connectivity index (χ0v) is 9.80. The molecule has 0 unspecified atom stereocenters. The Labute approximate surface area is 109 Å². The number of β-amino-alcohol motifs (C(OH)–C–C–N with tert-alkyl or cyclic N) is 1. The van der Waals surface area contributed by atoms with Crippen LogP contribution in [0.5, 0.6) is 0 Å². The molecule has 0 radical (unpaired) electrons. The van der Waals surface area contributed by atoms with Crippen LogP contribution in [0.3, 0.4) is 0 Å². The van der Waals surface area contributed by atoms with Gasteiger partial charge in [0, 0.05) is 6.54 Å². The van der Waals surface area contributed by atoms with E-state index < -0.39 is 59.0 Å². The fourth-order valence-electron chi connectivity index (χ4n) is 2.29. The third-order valence-electron chi connectivity index (χ3n) is 3.40. The smallest absolute Gasteiger partial charge is 0.200 e. The van der Waals surface area contributed by atoms with Crippen molar-refractivity contribution >= 4 is 0 Å². The molecule has 9 heteroatoms. The van der Waals surface area contributed by atoms with E-state index in [2.05, 4.69) is 5.32 Å². The van der Waals surface area contributed by atoms with E-state index in [0.717, 1.165) is 0 Å². The first-order valence-corrected chi connectivity index (χ1v) is 5.51. The Kier molecular flexibility index (Phi) is 3.71. The summed E-state index contributed by atoms with van der Waals surface area (Å²) in [5.41, 5.74) is -3.77. The first-order valence-electron chi connectivity index (χ1n) is 5.51. The van der Waals surface area contributed by atoms with Gasteiger partial charge in [0.2, 0.25) is 5.82 Å². The predicted molar refractivity (Wildman–Crippen MR) is 55.0 cm³/mol. The van der Waals surface area contributed by atoms with Gasteiger partial charge in [-0.2, -0.15) is 0 Å². The number of benzene rings is 1. The van der Waals surface area contributed by atoms with E-state index in [1.807, 2.05) is 0 Å². The molecule has 1 aliphatic rings. The van der Waals surface area contributed by atoms with Crippen LogP contribution < -0.4 is 5.32 Å². The molecule has 112 valence electrons. The second-order valence-electron chi connectivity index (χ2n) is 4.47. The van der Waals surface area contributed by atoms with Gasteiger partial charge in [-0.05, 0) is 0 Å². The summed E-state index contributed by atoms with van der Waals surface area (Å²) < 4.78 is 66.8. The van der Waals surface area contributed by atoms with Gasteiger partial charge in [-0.15, -0.1) is 0 Å². The van der Waals surface area contributed by atoms with Gasteiger partial charge in [-0.25, -0.2) is 22.0 Å². The molecular weight excluding hydrogens is 289 g/mol. The maximum absolute atomic E-state index is 13.7. The van der Waals surface area contributed by atoms with E-state index in [4.69, 9.17) is 0 Å². The van der Waals surface area contributed by atoms with Crippen LogP contribution in [-0.4, -0.2) is 40.7 Å². The standard InChI is InChI=1S/C11H10F5NO3/c12-5-4(6(13)8(15)9(16)7(5)14)11(2-18)10(20)3(19)1-17-11/h3,10,17-20H,1-2H2/t3-,10+,11+/m0/s1. The summed E-state index contributed by atoms with van der Waals surface area (Å²) in [4.78, 5) is 0. The predicted octanol–water partition coefficient (Wildman–Crippen LogP) is -0.105. The Balaban J connectivity index is 2.75. The van der Waals surface area contributed by atoms with E-state index in [-0.39, 0.29) is 6.54 Å². The van der Waals surface area contributed by atoms with Gasteiger partial charge in [0.15, 0.2) is 23.3 Å². The maximum atomic E-state index is 13.7. The van der Waals surface area contributed by atoms with Gasteiger partial charge in [0.1, 0.15) is 11.6 Å². The normalized spacial score (nSPS) is 30.0. The summed E-state index contributed by atoms with van der Waals surface area (Å²) >= 11 is 0. The minimum absolute atomic E-state index is 0.388. The van der Waals surface area contributed by atoms with Crippen LogP contribution in [0, 0.1) is 29.1 Å². The molecule has 0 saturated carbocycles. The van der Waals surface area contributed by atoms with Crippen molar-refractivity contribution in [1.82, 2.24) is 5.32 Å². The molecule has 1 fully saturated rings. The third-order valence-corrected chi connectivity index (χ3v) is 3.40. The number of halogens is 5. The van der Waals surface area contributed by atoms with Crippen LogP contribution in [0.1, 0.15) is 5.56 Å². The SMILES string of the molecule is OC[C@]1(c2c(F)c(F)c(F)c(F)c2F)NC[C@H](O)[C@H]1O. The average molecular weight is 299 g/mol. The first kappa shape index (κ1) is 15.1. The zero-order chi connectivity index (χ0) is 15.2. The number of rotatable bonds is 2. The highest BCUT2D eigenvalue weighted by Gasteiger charge is 2.52. The van der Waals surface area contributed by atoms with Crippen LogP contribution in [0.25, 0.3) is 0 Å². The summed E-state index contributed by atoms with van der Waals surface area (Å²) in [7, 11) is 0. The molecule has 1 aliphatic heterocycles. The average Bonchev–Trinajstić information content (AvgIpc) is 2.72. The van der Waals surface area contributed by atoms with E-state index in [1.165, 1.54) is 0 Å². The van der Waals surface area contributed by atoms with Gasteiger partial charge in [0.25, 0.3) is 0 Å². The Morgan fingerprint density at radius 3 is 1.75 bits per heavy atom. The molecule has 2 rings (SSSR count). The van der Waals surface area contributed by atoms with Crippen LogP contribution >= 0.6 is 0 Å². The second kappa shape index (κ2) is 4.92. The summed E-state index contributed by atoms with van der Waals surface area (Å²) in [5, 5.41) is 30.5. The number of hydrogen-bond acceptors (Lipinski definition) is 4. The van der Waals surface area contributed by atoms with Gasteiger partial charge in [-0.1, -0.05) is 0 Å². The van der Waals surface area contributed by atoms with Crippen molar-refractivity contribution in [3.05, 3.63) is 34.6 Å². The molecule has 1 aromatic carbocycles. The van der Waals surface area contributed by atoms with E-state index in [0.29, 0.717) is 0 Å². The Bertz CT molecular complexity index is 526. The van der Waals surface area contributed by atoms with Crippen molar-refractivity contribution in [2.75, 3.05) is 13.2 Å². The topological polar surface area (TPSA) is 72.7 Å². The van der Waals surface area contributed by atoms with Crippen LogP contribution in [0.2, 0.25) is 0 Å². The van der Waals surface area contributed by atoms with Gasteiger partial charge in [0.05, 0.1) is 18.3 Å². The lowest BCUT2D eigenvalue weighted by atomic mass is 9.85. The molecule has 0 amide bonds. The molecule has 20 heavy (non-hydrogen) atoms. The molecule has 1 aromatic rings. The van der Waals surface area contributed by atoms with Crippen molar-refractivity contribution in [3.63, 3.8) is 0 Å². The van der Waals surface area contributed by atoms with E-state index >= 15 is 0 Å². The summed E-state index contributed by atoms with van der Waals surface area (Å²) in [5.74, 6) is -11.1. The molecule has 1 heterocycles. The summed E-state index contributed by atoms with van der Waals surface area (Å²) in [6.07, 6.45) is -3.47. The Morgan fingerprint density at radius 2 is 1.40 bits per heavy atom. The molecule has 4 nitrogen and oxygen atoms in total. The van der Waals surface area contributed by atoms with E-state index in [1.54, 1.807) is 0 Å². The second-order valence-corrected chi connectivity index (χ2v) is 4.47. The molecule has 3 atom stereocenters. The highest BCUT2D eigenvalue weighted by molar-refractivity contribution is 5.34. The van der Waals surface area contributed by atoms with Crippen molar-refractivity contribution in [3.8, 4) is 0 Å². The van der Waals surface area contributed by atoms with Crippen molar-refractivity contribution in [2.45, 2.75) is 17.7 Å². The number of aliphatic hydroxyl groups excluding tert-OH is 3. The summed E-state index contributed by atoms with van der Waals surface area (Å²) in [6.45, 7) is -1.56. The lowest BCUT2D eigenvalue weighted by Crippen LogP contribution is -2.51.